The zero-order chi connectivity index (χ0) is 13.7. The minimum Gasteiger partial charge on any atom is -0.309 e. The van der Waals surface area contributed by atoms with Gasteiger partial charge < -0.3 is 5.32 Å². The van der Waals surface area contributed by atoms with Gasteiger partial charge in [-0.1, -0.05) is 24.6 Å². The lowest BCUT2D eigenvalue weighted by Crippen LogP contribution is -2.24. The Labute approximate surface area is 117 Å². The SMILES string of the molecule is CCNC(Cc1cc(F)ccc1Cl)c1ccccn1. The molecule has 4 heteroatoms. The van der Waals surface area contributed by atoms with Gasteiger partial charge in [-0.05, 0) is 48.9 Å². The number of nitrogens with zero attached hydrogens (tertiary/aromatic N) is 1. The number of rotatable bonds is 5. The van der Waals surface area contributed by atoms with Crippen LogP contribution < -0.4 is 5.32 Å². The molecule has 0 spiro atoms. The van der Waals surface area contributed by atoms with E-state index in [1.807, 2.05) is 25.1 Å². The van der Waals surface area contributed by atoms with Crippen molar-refractivity contribution in [2.75, 3.05) is 6.54 Å². The normalized spacial score (nSPS) is 12.4. The van der Waals surface area contributed by atoms with Gasteiger partial charge in [0.2, 0.25) is 0 Å². The molecule has 0 aliphatic rings. The molecule has 19 heavy (non-hydrogen) atoms. The second-order valence-corrected chi connectivity index (χ2v) is 4.71. The minimum atomic E-state index is -0.268. The highest BCUT2D eigenvalue weighted by Crippen LogP contribution is 2.23. The summed E-state index contributed by atoms with van der Waals surface area (Å²) in [5, 5.41) is 3.93. The van der Waals surface area contributed by atoms with Crippen LogP contribution in [0.5, 0.6) is 0 Å². The van der Waals surface area contributed by atoms with Crippen LogP contribution in [-0.2, 0) is 6.42 Å². The average molecular weight is 279 g/mol. The van der Waals surface area contributed by atoms with Gasteiger partial charge in [-0.3, -0.25) is 4.98 Å². The third kappa shape index (κ3) is 3.75. The van der Waals surface area contributed by atoms with Gasteiger partial charge >= 0.3 is 0 Å². The molecule has 0 aliphatic heterocycles. The number of benzene rings is 1. The summed E-state index contributed by atoms with van der Waals surface area (Å²) in [7, 11) is 0. The lowest BCUT2D eigenvalue weighted by Gasteiger charge is -2.18. The molecule has 1 heterocycles. The number of hydrogen-bond donors (Lipinski definition) is 1. The van der Waals surface area contributed by atoms with Crippen LogP contribution in [-0.4, -0.2) is 11.5 Å². The summed E-state index contributed by atoms with van der Waals surface area (Å²) in [5.41, 5.74) is 1.72. The van der Waals surface area contributed by atoms with E-state index in [0.29, 0.717) is 11.4 Å². The molecule has 100 valence electrons. The van der Waals surface area contributed by atoms with E-state index < -0.39 is 0 Å². The maximum Gasteiger partial charge on any atom is 0.123 e. The van der Waals surface area contributed by atoms with Gasteiger partial charge in [0.25, 0.3) is 0 Å². The summed E-state index contributed by atoms with van der Waals surface area (Å²) < 4.78 is 13.3. The molecular weight excluding hydrogens is 263 g/mol. The van der Waals surface area contributed by atoms with E-state index in [1.54, 1.807) is 12.3 Å². The molecule has 0 fully saturated rings. The Morgan fingerprint density at radius 2 is 2.16 bits per heavy atom. The Hall–Kier alpha value is -1.45. The van der Waals surface area contributed by atoms with Gasteiger partial charge in [-0.25, -0.2) is 4.39 Å². The minimum absolute atomic E-state index is 0.0329. The first-order valence-corrected chi connectivity index (χ1v) is 6.66. The lowest BCUT2D eigenvalue weighted by molar-refractivity contribution is 0.534. The number of likely N-dealkylation sites (N-methyl/N-ethyl adjacent to an activating group) is 1. The predicted molar refractivity (Wildman–Crippen MR) is 75.8 cm³/mol. The molecule has 0 amide bonds. The van der Waals surface area contributed by atoms with E-state index in [-0.39, 0.29) is 11.9 Å². The number of halogens is 2. The number of aromatic nitrogens is 1. The van der Waals surface area contributed by atoms with Gasteiger partial charge in [-0.2, -0.15) is 0 Å². The Kier molecular flexibility index (Phi) is 4.88. The lowest BCUT2D eigenvalue weighted by atomic mass is 10.0. The molecule has 1 unspecified atom stereocenters. The number of hydrogen-bond acceptors (Lipinski definition) is 2. The molecule has 1 atom stereocenters. The van der Waals surface area contributed by atoms with Crippen LogP contribution in [0.3, 0.4) is 0 Å². The fourth-order valence-corrected chi connectivity index (χ4v) is 2.22. The summed E-state index contributed by atoms with van der Waals surface area (Å²) >= 11 is 6.11. The molecule has 2 aromatic rings. The summed E-state index contributed by atoms with van der Waals surface area (Å²) in [6, 6.07) is 10.3. The van der Waals surface area contributed by atoms with Gasteiger partial charge in [-0.15, -0.1) is 0 Å². The molecule has 0 saturated heterocycles. The summed E-state index contributed by atoms with van der Waals surface area (Å²) in [4.78, 5) is 4.35. The second kappa shape index (κ2) is 6.64. The topological polar surface area (TPSA) is 24.9 Å². The Balaban J connectivity index is 2.24. The van der Waals surface area contributed by atoms with Crippen molar-refractivity contribution >= 4 is 11.6 Å². The first kappa shape index (κ1) is 14.0. The smallest absolute Gasteiger partial charge is 0.123 e. The highest BCUT2D eigenvalue weighted by atomic mass is 35.5. The van der Waals surface area contributed by atoms with Crippen molar-refractivity contribution in [2.45, 2.75) is 19.4 Å². The van der Waals surface area contributed by atoms with Gasteiger partial charge in [0.15, 0.2) is 0 Å². The van der Waals surface area contributed by atoms with Crippen molar-refractivity contribution in [3.05, 3.63) is 64.7 Å². The van der Waals surface area contributed by atoms with E-state index in [0.717, 1.165) is 17.8 Å². The van der Waals surface area contributed by atoms with Crippen LogP contribution >= 0.6 is 11.6 Å². The molecule has 2 rings (SSSR count). The third-order valence-corrected chi connectivity index (χ3v) is 3.30. The highest BCUT2D eigenvalue weighted by Gasteiger charge is 2.14. The Morgan fingerprint density at radius 1 is 1.32 bits per heavy atom. The van der Waals surface area contributed by atoms with Crippen LogP contribution in [0.15, 0.2) is 42.6 Å². The van der Waals surface area contributed by atoms with Crippen LogP contribution in [0.4, 0.5) is 4.39 Å². The maximum atomic E-state index is 13.3. The number of nitrogens with one attached hydrogen (secondary N) is 1. The molecule has 1 aromatic carbocycles. The first-order chi connectivity index (χ1) is 9.20. The van der Waals surface area contributed by atoms with E-state index in [1.165, 1.54) is 12.1 Å². The maximum absolute atomic E-state index is 13.3. The molecule has 0 aliphatic carbocycles. The van der Waals surface area contributed by atoms with Gasteiger partial charge in [0, 0.05) is 11.2 Å². The van der Waals surface area contributed by atoms with Crippen LogP contribution in [0.2, 0.25) is 5.02 Å². The first-order valence-electron chi connectivity index (χ1n) is 6.29. The van der Waals surface area contributed by atoms with E-state index in [4.69, 9.17) is 11.6 Å². The van der Waals surface area contributed by atoms with Crippen molar-refractivity contribution in [1.29, 1.82) is 0 Å². The summed E-state index contributed by atoms with van der Waals surface area (Å²) in [6.45, 7) is 2.84. The molecular formula is C15H16ClFN2. The number of pyridine rings is 1. The van der Waals surface area contributed by atoms with Crippen LogP contribution in [0, 0.1) is 5.82 Å². The fraction of sp³-hybridized carbons (Fsp3) is 0.267. The van der Waals surface area contributed by atoms with Gasteiger partial charge in [0.05, 0.1) is 11.7 Å². The highest BCUT2D eigenvalue weighted by molar-refractivity contribution is 6.31. The monoisotopic (exact) mass is 278 g/mol. The van der Waals surface area contributed by atoms with E-state index >= 15 is 0 Å². The van der Waals surface area contributed by atoms with Crippen molar-refractivity contribution < 1.29 is 4.39 Å². The Bertz CT molecular complexity index is 531. The molecule has 1 N–H and O–H groups in total. The summed E-state index contributed by atoms with van der Waals surface area (Å²) in [5.74, 6) is -0.268. The summed E-state index contributed by atoms with van der Waals surface area (Å²) in [6.07, 6.45) is 2.37. The second-order valence-electron chi connectivity index (χ2n) is 4.30. The molecule has 2 nitrogen and oxygen atoms in total. The van der Waals surface area contributed by atoms with E-state index in [9.17, 15) is 4.39 Å². The van der Waals surface area contributed by atoms with Crippen molar-refractivity contribution in [3.8, 4) is 0 Å². The standard InChI is InChI=1S/C15H16ClFN2/c1-2-18-15(14-5-3-4-8-19-14)10-11-9-12(17)6-7-13(11)16/h3-9,15,18H,2,10H2,1H3. The van der Waals surface area contributed by atoms with Crippen LogP contribution in [0.1, 0.15) is 24.2 Å². The van der Waals surface area contributed by atoms with Crippen LogP contribution in [0.25, 0.3) is 0 Å². The molecule has 1 aromatic heterocycles. The van der Waals surface area contributed by atoms with Crippen molar-refractivity contribution in [2.24, 2.45) is 0 Å². The molecule has 0 saturated carbocycles. The van der Waals surface area contributed by atoms with Crippen molar-refractivity contribution in [1.82, 2.24) is 10.3 Å². The zero-order valence-electron chi connectivity index (χ0n) is 10.7. The third-order valence-electron chi connectivity index (χ3n) is 2.93. The predicted octanol–water partition coefficient (Wildman–Crippen LogP) is 3.77. The zero-order valence-corrected chi connectivity index (χ0v) is 11.5. The largest absolute Gasteiger partial charge is 0.309 e. The molecule has 0 radical (unpaired) electrons. The van der Waals surface area contributed by atoms with Gasteiger partial charge in [0.1, 0.15) is 5.82 Å². The van der Waals surface area contributed by atoms with E-state index in [2.05, 4.69) is 10.3 Å². The molecule has 0 bridgehead atoms. The quantitative estimate of drug-likeness (QED) is 0.901. The van der Waals surface area contributed by atoms with Crippen molar-refractivity contribution in [3.63, 3.8) is 0 Å². The Morgan fingerprint density at radius 3 is 2.84 bits per heavy atom. The fourth-order valence-electron chi connectivity index (χ4n) is 2.03. The average Bonchev–Trinajstić information content (AvgIpc) is 2.43.